The molecule has 0 bridgehead atoms. The average Bonchev–Trinajstić information content (AvgIpc) is 2.83. The third-order valence-electron chi connectivity index (χ3n) is 3.75. The molecule has 1 aliphatic rings. The molecule has 1 amide bonds. The fourth-order valence-corrected chi connectivity index (χ4v) is 2.58. The molecule has 0 unspecified atom stereocenters. The lowest BCUT2D eigenvalue weighted by atomic mass is 10.1. The maximum Gasteiger partial charge on any atom is 0.264 e. The van der Waals surface area contributed by atoms with Crippen LogP contribution in [0.4, 0.5) is 0 Å². The number of rotatable bonds is 4. The van der Waals surface area contributed by atoms with Crippen LogP contribution in [0.1, 0.15) is 38.2 Å². The zero-order chi connectivity index (χ0) is 15.8. The van der Waals surface area contributed by atoms with Gasteiger partial charge < -0.3 is 9.64 Å². The Morgan fingerprint density at radius 1 is 1.23 bits per heavy atom. The predicted molar refractivity (Wildman–Crippen MR) is 86.2 cm³/mol. The van der Waals surface area contributed by atoms with E-state index in [0.717, 1.165) is 50.1 Å². The molecule has 1 aliphatic heterocycles. The van der Waals surface area contributed by atoms with Crippen LogP contribution in [0, 0.1) is 11.3 Å². The topological polar surface area (TPSA) is 53.3 Å². The molecule has 0 spiro atoms. The quantitative estimate of drug-likeness (QED) is 0.632. The molecule has 1 aromatic carbocycles. The van der Waals surface area contributed by atoms with E-state index in [1.165, 1.54) is 0 Å². The summed E-state index contributed by atoms with van der Waals surface area (Å²) in [5.74, 6) is 0.635. The lowest BCUT2D eigenvalue weighted by Crippen LogP contribution is -2.32. The second-order valence-corrected chi connectivity index (χ2v) is 5.38. The maximum absolute atomic E-state index is 12.5. The molecule has 1 saturated heterocycles. The van der Waals surface area contributed by atoms with Crippen molar-refractivity contribution in [3.8, 4) is 11.8 Å². The van der Waals surface area contributed by atoms with Crippen molar-refractivity contribution in [1.29, 1.82) is 5.26 Å². The summed E-state index contributed by atoms with van der Waals surface area (Å²) < 4.78 is 5.39. The molecular weight excluding hydrogens is 276 g/mol. The molecule has 0 radical (unpaired) electrons. The van der Waals surface area contributed by atoms with E-state index in [2.05, 4.69) is 0 Å². The SMILES string of the molecule is CCOc1ccc(/C=C(\C#N)C(=O)N2CCCCCC2)cc1. The van der Waals surface area contributed by atoms with Gasteiger partial charge in [0.05, 0.1) is 6.61 Å². The van der Waals surface area contributed by atoms with Gasteiger partial charge >= 0.3 is 0 Å². The normalized spacial score (nSPS) is 15.8. The van der Waals surface area contributed by atoms with Gasteiger partial charge in [-0.05, 0) is 43.5 Å². The number of amides is 1. The first-order valence-corrected chi connectivity index (χ1v) is 7.88. The number of nitriles is 1. The van der Waals surface area contributed by atoms with Gasteiger partial charge in [-0.25, -0.2) is 0 Å². The molecule has 0 N–H and O–H groups in total. The first-order chi connectivity index (χ1) is 10.7. The molecule has 4 nitrogen and oxygen atoms in total. The van der Waals surface area contributed by atoms with Gasteiger partial charge in [-0.2, -0.15) is 5.26 Å². The van der Waals surface area contributed by atoms with Crippen LogP contribution in [0.2, 0.25) is 0 Å². The largest absolute Gasteiger partial charge is 0.494 e. The minimum atomic E-state index is -0.154. The van der Waals surface area contributed by atoms with E-state index in [1.54, 1.807) is 11.0 Å². The van der Waals surface area contributed by atoms with E-state index < -0.39 is 0 Å². The number of carbonyl (C=O) groups excluding carboxylic acids is 1. The number of nitrogens with zero attached hydrogens (tertiary/aromatic N) is 2. The maximum atomic E-state index is 12.5. The van der Waals surface area contributed by atoms with Crippen molar-refractivity contribution in [1.82, 2.24) is 4.90 Å². The molecule has 22 heavy (non-hydrogen) atoms. The number of hydrogen-bond donors (Lipinski definition) is 0. The molecule has 0 aromatic heterocycles. The van der Waals surface area contributed by atoms with Crippen molar-refractivity contribution in [3.05, 3.63) is 35.4 Å². The third-order valence-corrected chi connectivity index (χ3v) is 3.75. The highest BCUT2D eigenvalue weighted by Gasteiger charge is 2.19. The van der Waals surface area contributed by atoms with Gasteiger partial charge in [0.2, 0.25) is 0 Å². The molecule has 4 heteroatoms. The highest BCUT2D eigenvalue weighted by atomic mass is 16.5. The molecule has 0 atom stereocenters. The van der Waals surface area contributed by atoms with Crippen molar-refractivity contribution < 1.29 is 9.53 Å². The zero-order valence-corrected chi connectivity index (χ0v) is 13.0. The average molecular weight is 298 g/mol. The molecule has 1 fully saturated rings. The second-order valence-electron chi connectivity index (χ2n) is 5.38. The van der Waals surface area contributed by atoms with Crippen LogP contribution in [0.15, 0.2) is 29.8 Å². The highest BCUT2D eigenvalue weighted by Crippen LogP contribution is 2.17. The van der Waals surface area contributed by atoms with Gasteiger partial charge in [0.25, 0.3) is 5.91 Å². The number of likely N-dealkylation sites (tertiary alicyclic amines) is 1. The summed E-state index contributed by atoms with van der Waals surface area (Å²) in [6.45, 7) is 4.05. The summed E-state index contributed by atoms with van der Waals surface area (Å²) in [6.07, 6.45) is 6.02. The smallest absolute Gasteiger partial charge is 0.264 e. The van der Waals surface area contributed by atoms with E-state index in [9.17, 15) is 10.1 Å². The van der Waals surface area contributed by atoms with Crippen LogP contribution in [-0.4, -0.2) is 30.5 Å². The summed E-state index contributed by atoms with van der Waals surface area (Å²) in [4.78, 5) is 14.3. The summed E-state index contributed by atoms with van der Waals surface area (Å²) in [7, 11) is 0. The molecule has 1 aromatic rings. The Bertz CT molecular complexity index is 562. The zero-order valence-electron chi connectivity index (χ0n) is 13.0. The number of carbonyl (C=O) groups is 1. The Hall–Kier alpha value is -2.28. The Morgan fingerprint density at radius 2 is 1.86 bits per heavy atom. The molecular formula is C18H22N2O2. The van der Waals surface area contributed by atoms with Crippen molar-refractivity contribution in [2.24, 2.45) is 0 Å². The van der Waals surface area contributed by atoms with Gasteiger partial charge in [-0.1, -0.05) is 25.0 Å². The first-order valence-electron chi connectivity index (χ1n) is 7.88. The summed E-state index contributed by atoms with van der Waals surface area (Å²) >= 11 is 0. The fourth-order valence-electron chi connectivity index (χ4n) is 2.58. The minimum absolute atomic E-state index is 0.154. The number of benzene rings is 1. The van der Waals surface area contributed by atoms with E-state index in [0.29, 0.717) is 6.61 Å². The van der Waals surface area contributed by atoms with E-state index in [-0.39, 0.29) is 11.5 Å². The predicted octanol–water partition coefficient (Wildman–Crippen LogP) is 3.39. The van der Waals surface area contributed by atoms with Crippen LogP contribution in [0.3, 0.4) is 0 Å². The van der Waals surface area contributed by atoms with Gasteiger partial charge in [0, 0.05) is 13.1 Å². The fraction of sp³-hybridized carbons (Fsp3) is 0.444. The monoisotopic (exact) mass is 298 g/mol. The van der Waals surface area contributed by atoms with Crippen LogP contribution < -0.4 is 4.74 Å². The van der Waals surface area contributed by atoms with Crippen LogP contribution in [0.5, 0.6) is 5.75 Å². The van der Waals surface area contributed by atoms with Gasteiger partial charge in [-0.15, -0.1) is 0 Å². The lowest BCUT2D eigenvalue weighted by Gasteiger charge is -2.19. The Kier molecular flexibility index (Phi) is 6.02. The second kappa shape index (κ2) is 8.23. The molecule has 0 aliphatic carbocycles. The van der Waals surface area contributed by atoms with E-state index in [1.807, 2.05) is 37.3 Å². The molecule has 116 valence electrons. The summed E-state index contributed by atoms with van der Waals surface area (Å²) in [5.41, 5.74) is 1.04. The summed E-state index contributed by atoms with van der Waals surface area (Å²) in [6, 6.07) is 9.46. The van der Waals surface area contributed by atoms with Crippen LogP contribution in [-0.2, 0) is 4.79 Å². The molecule has 0 saturated carbocycles. The van der Waals surface area contributed by atoms with Gasteiger partial charge in [-0.3, -0.25) is 4.79 Å². The minimum Gasteiger partial charge on any atom is -0.494 e. The third kappa shape index (κ3) is 4.36. The Balaban J connectivity index is 2.12. The van der Waals surface area contributed by atoms with E-state index in [4.69, 9.17) is 4.74 Å². The molecule has 2 rings (SSSR count). The van der Waals surface area contributed by atoms with Crippen molar-refractivity contribution in [2.45, 2.75) is 32.6 Å². The number of hydrogen-bond acceptors (Lipinski definition) is 3. The van der Waals surface area contributed by atoms with Gasteiger partial charge in [0.1, 0.15) is 17.4 Å². The van der Waals surface area contributed by atoms with Crippen molar-refractivity contribution >= 4 is 12.0 Å². The van der Waals surface area contributed by atoms with Crippen molar-refractivity contribution in [3.63, 3.8) is 0 Å². The van der Waals surface area contributed by atoms with Gasteiger partial charge in [0.15, 0.2) is 0 Å². The van der Waals surface area contributed by atoms with Crippen LogP contribution >= 0.6 is 0 Å². The van der Waals surface area contributed by atoms with Crippen LogP contribution in [0.25, 0.3) is 6.08 Å². The van der Waals surface area contributed by atoms with Crippen molar-refractivity contribution in [2.75, 3.05) is 19.7 Å². The first kappa shape index (κ1) is 16.1. The number of ether oxygens (including phenoxy) is 1. The standard InChI is InChI=1S/C18H22N2O2/c1-2-22-17-9-7-15(8-10-17)13-16(14-19)18(21)20-11-5-3-4-6-12-20/h7-10,13H,2-6,11-12H2,1H3/b16-13+. The lowest BCUT2D eigenvalue weighted by molar-refractivity contribution is -0.126. The Morgan fingerprint density at radius 3 is 2.41 bits per heavy atom. The van der Waals surface area contributed by atoms with E-state index >= 15 is 0 Å². The highest BCUT2D eigenvalue weighted by molar-refractivity contribution is 6.01. The summed E-state index contributed by atoms with van der Waals surface area (Å²) in [5, 5.41) is 9.31. The molecule has 1 heterocycles. The Labute approximate surface area is 132 Å².